The molecule has 0 N–H and O–H groups in total. The van der Waals surface area contributed by atoms with Crippen molar-refractivity contribution in [2.45, 2.75) is 57.9 Å². The first-order valence-corrected chi connectivity index (χ1v) is 10.1. The molecule has 146 valence electrons. The second-order valence-electron chi connectivity index (χ2n) is 7.60. The molecule has 2 saturated heterocycles. The Morgan fingerprint density at radius 1 is 1.00 bits per heavy atom. The number of carbonyl (C=O) groups excluding carboxylic acids is 3. The van der Waals surface area contributed by atoms with Crippen LogP contribution in [0.2, 0.25) is 0 Å². The fourth-order valence-corrected chi connectivity index (χ4v) is 4.40. The number of amides is 3. The summed E-state index contributed by atoms with van der Waals surface area (Å²) in [5.41, 5.74) is 0. The number of ether oxygens (including phenoxy) is 1. The van der Waals surface area contributed by atoms with Crippen molar-refractivity contribution in [1.29, 1.82) is 0 Å². The van der Waals surface area contributed by atoms with Crippen LogP contribution in [0.4, 0.5) is 4.79 Å². The van der Waals surface area contributed by atoms with Crippen molar-refractivity contribution in [3.8, 4) is 0 Å². The number of likely N-dealkylation sites (tertiary alicyclic amines) is 1. The van der Waals surface area contributed by atoms with Gasteiger partial charge in [0.25, 0.3) is 0 Å². The van der Waals surface area contributed by atoms with Gasteiger partial charge in [0.15, 0.2) is 0 Å². The molecule has 0 aromatic rings. The van der Waals surface area contributed by atoms with E-state index in [9.17, 15) is 14.4 Å². The lowest BCUT2D eigenvalue weighted by Crippen LogP contribution is -2.52. The quantitative estimate of drug-likeness (QED) is 0.716. The SMILES string of the molecule is CCOC(=O)N1CCN(C(=O)C2CC(=O)N(C3CCCCCC3)C2)CC1. The Morgan fingerprint density at radius 3 is 2.23 bits per heavy atom. The zero-order chi connectivity index (χ0) is 18.5. The topological polar surface area (TPSA) is 70.2 Å². The molecule has 2 heterocycles. The highest BCUT2D eigenvalue weighted by molar-refractivity contribution is 5.89. The summed E-state index contributed by atoms with van der Waals surface area (Å²) >= 11 is 0. The average molecular weight is 365 g/mol. The molecule has 0 bridgehead atoms. The van der Waals surface area contributed by atoms with Crippen LogP contribution in [0.15, 0.2) is 0 Å². The summed E-state index contributed by atoms with van der Waals surface area (Å²) in [5.74, 6) is -0.0155. The lowest BCUT2D eigenvalue weighted by atomic mass is 10.1. The molecule has 7 nitrogen and oxygen atoms in total. The summed E-state index contributed by atoms with van der Waals surface area (Å²) in [5, 5.41) is 0. The van der Waals surface area contributed by atoms with Crippen molar-refractivity contribution < 1.29 is 19.1 Å². The van der Waals surface area contributed by atoms with Gasteiger partial charge < -0.3 is 19.4 Å². The largest absolute Gasteiger partial charge is 0.450 e. The molecule has 7 heteroatoms. The number of hydrogen-bond acceptors (Lipinski definition) is 4. The maximum atomic E-state index is 12.9. The third-order valence-corrected chi connectivity index (χ3v) is 5.89. The van der Waals surface area contributed by atoms with Crippen LogP contribution in [0.5, 0.6) is 0 Å². The van der Waals surface area contributed by atoms with E-state index in [4.69, 9.17) is 4.74 Å². The van der Waals surface area contributed by atoms with Gasteiger partial charge >= 0.3 is 6.09 Å². The van der Waals surface area contributed by atoms with Gasteiger partial charge in [0.2, 0.25) is 11.8 Å². The summed E-state index contributed by atoms with van der Waals surface area (Å²) in [4.78, 5) is 42.5. The molecule has 3 rings (SSSR count). The second kappa shape index (κ2) is 8.73. The van der Waals surface area contributed by atoms with Gasteiger partial charge in [-0.1, -0.05) is 25.7 Å². The molecule has 3 amide bonds. The summed E-state index contributed by atoms with van der Waals surface area (Å²) < 4.78 is 5.01. The van der Waals surface area contributed by atoms with Crippen LogP contribution < -0.4 is 0 Å². The molecular weight excluding hydrogens is 334 g/mol. The van der Waals surface area contributed by atoms with Crippen molar-refractivity contribution in [2.75, 3.05) is 39.3 Å². The summed E-state index contributed by atoms with van der Waals surface area (Å²) in [6, 6.07) is 0.323. The van der Waals surface area contributed by atoms with Crippen molar-refractivity contribution >= 4 is 17.9 Å². The molecule has 0 radical (unpaired) electrons. The molecule has 1 unspecified atom stereocenters. The van der Waals surface area contributed by atoms with Crippen LogP contribution in [-0.4, -0.2) is 78.0 Å². The van der Waals surface area contributed by atoms with Crippen LogP contribution in [0, 0.1) is 5.92 Å². The fraction of sp³-hybridized carbons (Fsp3) is 0.842. The van der Waals surface area contributed by atoms with Crippen molar-refractivity contribution in [1.82, 2.24) is 14.7 Å². The van der Waals surface area contributed by atoms with Gasteiger partial charge in [-0.25, -0.2) is 4.79 Å². The predicted molar refractivity (Wildman–Crippen MR) is 96.5 cm³/mol. The first-order chi connectivity index (χ1) is 12.6. The molecule has 26 heavy (non-hydrogen) atoms. The zero-order valence-electron chi connectivity index (χ0n) is 15.8. The standard InChI is InChI=1S/C19H31N3O4/c1-2-26-19(25)21-11-9-20(10-12-21)18(24)15-13-17(23)22(14-15)16-7-5-3-4-6-8-16/h15-16H,2-14H2,1H3. The zero-order valence-corrected chi connectivity index (χ0v) is 15.8. The van der Waals surface area contributed by atoms with Gasteiger partial charge in [-0.2, -0.15) is 0 Å². The lowest BCUT2D eigenvalue weighted by Gasteiger charge is -2.35. The minimum Gasteiger partial charge on any atom is -0.450 e. The Labute approximate surface area is 155 Å². The van der Waals surface area contributed by atoms with E-state index in [2.05, 4.69) is 0 Å². The van der Waals surface area contributed by atoms with E-state index in [1.807, 2.05) is 9.80 Å². The molecule has 1 saturated carbocycles. The Hall–Kier alpha value is -1.79. The first-order valence-electron chi connectivity index (χ1n) is 10.1. The minimum atomic E-state index is -0.310. The van der Waals surface area contributed by atoms with E-state index in [1.54, 1.807) is 11.8 Å². The van der Waals surface area contributed by atoms with E-state index >= 15 is 0 Å². The highest BCUT2D eigenvalue weighted by atomic mass is 16.6. The molecule has 0 aromatic carbocycles. The maximum absolute atomic E-state index is 12.9. The monoisotopic (exact) mass is 365 g/mol. The van der Waals surface area contributed by atoms with E-state index in [0.717, 1.165) is 12.8 Å². The molecule has 0 aromatic heterocycles. The first kappa shape index (κ1) is 19.0. The Morgan fingerprint density at radius 2 is 1.62 bits per heavy atom. The number of hydrogen-bond donors (Lipinski definition) is 0. The highest BCUT2D eigenvalue weighted by Gasteiger charge is 2.40. The van der Waals surface area contributed by atoms with Gasteiger partial charge in [0, 0.05) is 45.2 Å². The summed E-state index contributed by atoms with van der Waals surface area (Å²) in [7, 11) is 0. The van der Waals surface area contributed by atoms with Crippen molar-refractivity contribution in [2.24, 2.45) is 5.92 Å². The molecular formula is C19H31N3O4. The van der Waals surface area contributed by atoms with E-state index < -0.39 is 0 Å². The van der Waals surface area contributed by atoms with Crippen LogP contribution in [0.25, 0.3) is 0 Å². The Balaban J connectivity index is 1.51. The average Bonchev–Trinajstić information content (AvgIpc) is 2.85. The smallest absolute Gasteiger partial charge is 0.409 e. The van der Waals surface area contributed by atoms with Crippen molar-refractivity contribution in [3.05, 3.63) is 0 Å². The van der Waals surface area contributed by atoms with Crippen LogP contribution >= 0.6 is 0 Å². The van der Waals surface area contributed by atoms with E-state index in [-0.39, 0.29) is 23.8 Å². The van der Waals surface area contributed by atoms with Crippen LogP contribution in [-0.2, 0) is 14.3 Å². The van der Waals surface area contributed by atoms with Gasteiger partial charge in [-0.3, -0.25) is 9.59 Å². The minimum absolute atomic E-state index is 0.0676. The molecule has 3 fully saturated rings. The Bertz CT molecular complexity index is 523. The van der Waals surface area contributed by atoms with Gasteiger partial charge in [0.1, 0.15) is 0 Å². The molecule has 2 aliphatic heterocycles. The van der Waals surface area contributed by atoms with E-state index in [1.165, 1.54) is 25.7 Å². The molecule has 0 spiro atoms. The normalized spacial score (nSPS) is 25.3. The molecule has 1 aliphatic carbocycles. The van der Waals surface area contributed by atoms with E-state index in [0.29, 0.717) is 51.8 Å². The lowest BCUT2D eigenvalue weighted by molar-refractivity contribution is -0.137. The summed E-state index contributed by atoms with van der Waals surface area (Å²) in [6.45, 7) is 4.75. The second-order valence-corrected chi connectivity index (χ2v) is 7.60. The number of nitrogens with zero attached hydrogens (tertiary/aromatic N) is 3. The van der Waals surface area contributed by atoms with Gasteiger partial charge in [-0.15, -0.1) is 0 Å². The molecule has 3 aliphatic rings. The van der Waals surface area contributed by atoms with Gasteiger partial charge in [-0.05, 0) is 19.8 Å². The number of rotatable bonds is 3. The molecule has 1 atom stereocenters. The van der Waals surface area contributed by atoms with Gasteiger partial charge in [0.05, 0.1) is 12.5 Å². The third kappa shape index (κ3) is 4.30. The Kier molecular flexibility index (Phi) is 6.38. The summed E-state index contributed by atoms with van der Waals surface area (Å²) in [6.07, 6.45) is 7.06. The number of piperazine rings is 1. The maximum Gasteiger partial charge on any atom is 0.409 e. The third-order valence-electron chi connectivity index (χ3n) is 5.89. The predicted octanol–water partition coefficient (Wildman–Crippen LogP) is 1.86. The fourth-order valence-electron chi connectivity index (χ4n) is 4.40. The van der Waals surface area contributed by atoms with Crippen molar-refractivity contribution in [3.63, 3.8) is 0 Å². The van der Waals surface area contributed by atoms with Crippen LogP contribution in [0.1, 0.15) is 51.9 Å². The number of carbonyl (C=O) groups is 3. The van der Waals surface area contributed by atoms with Crippen LogP contribution in [0.3, 0.4) is 0 Å². The highest BCUT2D eigenvalue weighted by Crippen LogP contribution is 2.29.